The third-order valence-corrected chi connectivity index (χ3v) is 10.7. The third kappa shape index (κ3) is 5.13. The van der Waals surface area contributed by atoms with Crippen molar-refractivity contribution in [2.75, 3.05) is 0 Å². The Bertz CT molecular complexity index is 3160. The zero-order chi connectivity index (χ0) is 37.0. The van der Waals surface area contributed by atoms with E-state index in [1.54, 1.807) is 0 Å². The standard InChI is InChI=1S/C51H33N5/c1-5-18-34(19-6-1)49-52-50(35-20-7-2-8-21-35)54-51(53-49)43-33-36(32-42-40-26-13-15-29-44(40)56(48(42)43)38-24-11-4-12-25-38)39-28-17-31-46-47(39)41-27-14-16-30-45(41)55(46)37-22-9-3-10-23-37/h1-33H. The van der Waals surface area contributed by atoms with Crippen LogP contribution in [0.25, 0.3) is 100 Å². The second kappa shape index (κ2) is 13.0. The van der Waals surface area contributed by atoms with Gasteiger partial charge in [0.1, 0.15) is 0 Å². The van der Waals surface area contributed by atoms with Crippen molar-refractivity contribution in [3.05, 3.63) is 200 Å². The first-order valence-electron chi connectivity index (χ1n) is 18.9. The quantitative estimate of drug-likeness (QED) is 0.172. The highest BCUT2D eigenvalue weighted by Gasteiger charge is 2.23. The summed E-state index contributed by atoms with van der Waals surface area (Å²) in [6.07, 6.45) is 0. The molecule has 0 bridgehead atoms. The van der Waals surface area contributed by atoms with Gasteiger partial charge in [0.2, 0.25) is 0 Å². The predicted octanol–water partition coefficient (Wildman–Crippen LogP) is 12.7. The highest BCUT2D eigenvalue weighted by molar-refractivity contribution is 6.19. The van der Waals surface area contributed by atoms with Crippen LogP contribution in [0.5, 0.6) is 0 Å². The second-order valence-electron chi connectivity index (χ2n) is 14.0. The molecule has 0 unspecified atom stereocenters. The topological polar surface area (TPSA) is 48.5 Å². The highest BCUT2D eigenvalue weighted by Crippen LogP contribution is 2.44. The van der Waals surface area contributed by atoms with Gasteiger partial charge in [-0.05, 0) is 65.7 Å². The summed E-state index contributed by atoms with van der Waals surface area (Å²) in [7, 11) is 0. The minimum atomic E-state index is 0.614. The second-order valence-corrected chi connectivity index (χ2v) is 14.0. The molecule has 11 rings (SSSR count). The van der Waals surface area contributed by atoms with Crippen LogP contribution < -0.4 is 0 Å². The van der Waals surface area contributed by atoms with Crippen molar-refractivity contribution in [3.8, 4) is 56.7 Å². The summed E-state index contributed by atoms with van der Waals surface area (Å²) < 4.78 is 4.74. The van der Waals surface area contributed by atoms with E-state index in [-0.39, 0.29) is 0 Å². The van der Waals surface area contributed by atoms with Gasteiger partial charge in [-0.2, -0.15) is 0 Å². The lowest BCUT2D eigenvalue weighted by atomic mass is 9.95. The molecule has 5 nitrogen and oxygen atoms in total. The summed E-state index contributed by atoms with van der Waals surface area (Å²) in [5, 5.41) is 4.69. The number of fused-ring (bicyclic) bond motifs is 6. The SMILES string of the molecule is c1ccc(-c2nc(-c3ccccc3)nc(-c3cc(-c4cccc5c4c4ccccc4n5-c4ccccc4)cc4c5ccccc5n(-c5ccccc5)c34)n2)cc1. The van der Waals surface area contributed by atoms with Gasteiger partial charge in [-0.3, -0.25) is 0 Å². The largest absolute Gasteiger partial charge is 0.309 e. The van der Waals surface area contributed by atoms with Crippen LogP contribution in [0.1, 0.15) is 0 Å². The molecule has 8 aromatic carbocycles. The van der Waals surface area contributed by atoms with E-state index in [1.807, 2.05) is 36.4 Å². The number of aromatic nitrogens is 5. The lowest BCUT2D eigenvalue weighted by molar-refractivity contribution is 1.07. The molecule has 11 aromatic rings. The molecular weight excluding hydrogens is 683 g/mol. The zero-order valence-electron chi connectivity index (χ0n) is 30.3. The Balaban J connectivity index is 1.28. The maximum atomic E-state index is 5.31. The van der Waals surface area contributed by atoms with Crippen LogP contribution in [0.2, 0.25) is 0 Å². The summed E-state index contributed by atoms with van der Waals surface area (Å²) in [4.78, 5) is 15.7. The Morgan fingerprint density at radius 3 is 1.41 bits per heavy atom. The first kappa shape index (κ1) is 31.9. The molecule has 0 aliphatic rings. The monoisotopic (exact) mass is 715 g/mol. The number of para-hydroxylation sites is 4. The van der Waals surface area contributed by atoms with Crippen molar-refractivity contribution in [2.24, 2.45) is 0 Å². The fourth-order valence-corrected chi connectivity index (χ4v) is 8.31. The molecule has 0 spiro atoms. The minimum absolute atomic E-state index is 0.614. The Morgan fingerprint density at radius 2 is 0.786 bits per heavy atom. The van der Waals surface area contributed by atoms with E-state index in [0.717, 1.165) is 66.5 Å². The molecule has 0 amide bonds. The Labute approximate surface area is 323 Å². The van der Waals surface area contributed by atoms with Gasteiger partial charge in [-0.1, -0.05) is 146 Å². The normalized spacial score (nSPS) is 11.6. The van der Waals surface area contributed by atoms with Crippen LogP contribution in [-0.4, -0.2) is 24.1 Å². The Kier molecular flexibility index (Phi) is 7.42. The summed E-state index contributed by atoms with van der Waals surface area (Å²) in [5.41, 5.74) is 11.7. The summed E-state index contributed by atoms with van der Waals surface area (Å²) >= 11 is 0. The van der Waals surface area contributed by atoms with Crippen LogP contribution in [0.15, 0.2) is 200 Å². The van der Waals surface area contributed by atoms with Crippen molar-refractivity contribution in [1.82, 2.24) is 24.1 Å². The van der Waals surface area contributed by atoms with Gasteiger partial charge in [-0.15, -0.1) is 0 Å². The molecule has 262 valence electrons. The molecule has 0 atom stereocenters. The predicted molar refractivity (Wildman–Crippen MR) is 230 cm³/mol. The molecule has 0 fully saturated rings. The van der Waals surface area contributed by atoms with Crippen LogP contribution in [0, 0.1) is 0 Å². The number of benzene rings is 8. The van der Waals surface area contributed by atoms with E-state index >= 15 is 0 Å². The van der Waals surface area contributed by atoms with Crippen LogP contribution in [0.4, 0.5) is 0 Å². The third-order valence-electron chi connectivity index (χ3n) is 10.7. The maximum Gasteiger partial charge on any atom is 0.166 e. The molecule has 56 heavy (non-hydrogen) atoms. The molecule has 3 heterocycles. The van der Waals surface area contributed by atoms with E-state index in [9.17, 15) is 0 Å². The molecule has 0 saturated carbocycles. The first-order chi connectivity index (χ1) is 27.8. The van der Waals surface area contributed by atoms with Crippen molar-refractivity contribution < 1.29 is 0 Å². The van der Waals surface area contributed by atoms with Crippen molar-refractivity contribution in [3.63, 3.8) is 0 Å². The smallest absolute Gasteiger partial charge is 0.166 e. The molecule has 5 heteroatoms. The van der Waals surface area contributed by atoms with Gasteiger partial charge in [0.05, 0.1) is 22.1 Å². The molecule has 0 N–H and O–H groups in total. The van der Waals surface area contributed by atoms with E-state index in [0.29, 0.717) is 17.5 Å². The van der Waals surface area contributed by atoms with Gasteiger partial charge in [0.25, 0.3) is 0 Å². The Hall–Kier alpha value is -7.63. The van der Waals surface area contributed by atoms with E-state index in [2.05, 4.69) is 173 Å². The zero-order valence-corrected chi connectivity index (χ0v) is 30.3. The van der Waals surface area contributed by atoms with Gasteiger partial charge in [0.15, 0.2) is 17.5 Å². The molecule has 0 aliphatic heterocycles. The van der Waals surface area contributed by atoms with E-state index < -0.39 is 0 Å². The number of nitrogens with zero attached hydrogens (tertiary/aromatic N) is 5. The van der Waals surface area contributed by atoms with Crippen molar-refractivity contribution in [1.29, 1.82) is 0 Å². The van der Waals surface area contributed by atoms with E-state index in [4.69, 9.17) is 15.0 Å². The van der Waals surface area contributed by atoms with Gasteiger partial charge in [-0.25, -0.2) is 15.0 Å². The van der Waals surface area contributed by atoms with Gasteiger partial charge in [0, 0.05) is 49.6 Å². The van der Waals surface area contributed by atoms with Crippen molar-refractivity contribution in [2.45, 2.75) is 0 Å². The van der Waals surface area contributed by atoms with Gasteiger partial charge < -0.3 is 9.13 Å². The number of rotatable bonds is 6. The molecule has 3 aromatic heterocycles. The van der Waals surface area contributed by atoms with Crippen LogP contribution >= 0.6 is 0 Å². The molecule has 0 radical (unpaired) electrons. The average molecular weight is 716 g/mol. The lowest BCUT2D eigenvalue weighted by Gasteiger charge is -2.15. The lowest BCUT2D eigenvalue weighted by Crippen LogP contribution is -2.02. The summed E-state index contributed by atoms with van der Waals surface area (Å²) in [6, 6.07) is 70.3. The first-order valence-corrected chi connectivity index (χ1v) is 18.9. The highest BCUT2D eigenvalue weighted by atomic mass is 15.0. The van der Waals surface area contributed by atoms with E-state index in [1.165, 1.54) is 16.3 Å². The van der Waals surface area contributed by atoms with Gasteiger partial charge >= 0.3 is 0 Å². The fraction of sp³-hybridized carbons (Fsp3) is 0. The maximum absolute atomic E-state index is 5.31. The Morgan fingerprint density at radius 1 is 0.304 bits per heavy atom. The fourth-order valence-electron chi connectivity index (χ4n) is 8.31. The van der Waals surface area contributed by atoms with Crippen LogP contribution in [0.3, 0.4) is 0 Å². The molecular formula is C51H33N5. The van der Waals surface area contributed by atoms with Crippen molar-refractivity contribution >= 4 is 43.6 Å². The average Bonchev–Trinajstić information content (AvgIpc) is 3.80. The van der Waals surface area contributed by atoms with Crippen LogP contribution in [-0.2, 0) is 0 Å². The minimum Gasteiger partial charge on any atom is -0.309 e. The number of hydrogen-bond acceptors (Lipinski definition) is 3. The molecule has 0 aliphatic carbocycles. The summed E-state index contributed by atoms with van der Waals surface area (Å²) in [5.74, 6) is 1.87. The molecule has 0 saturated heterocycles. The number of hydrogen-bond donors (Lipinski definition) is 0. The summed E-state index contributed by atoms with van der Waals surface area (Å²) in [6.45, 7) is 0.